The first-order valence-electron chi connectivity index (χ1n) is 9.73. The quantitative estimate of drug-likeness (QED) is 0.599. The van der Waals surface area contributed by atoms with E-state index < -0.39 is 7.12 Å². The summed E-state index contributed by atoms with van der Waals surface area (Å²) in [5, 5.41) is 11.6. The standard InChI is InChI=1S/C18H24BN3O2S.CO2/c1-3-8-25-22-10-12(2)17(22)5-6-18(11-17)15-13-4-7-20-16(13)21-9-14(15)19(23)24-18;2-1-3/h4,7,9,12,23H,3,5-6,8,10-11H2,1-2H3,(H,20,21);. The lowest BCUT2D eigenvalue weighted by molar-refractivity contribution is -0.191. The Kier molecular flexibility index (Phi) is 5.14. The molecule has 3 unspecified atom stereocenters. The Morgan fingerprint density at radius 1 is 1.50 bits per heavy atom. The Balaban J connectivity index is 0.000000604. The maximum Gasteiger partial charge on any atom is 0.493 e. The molecule has 1 saturated heterocycles. The average molecular weight is 401 g/mol. The molecule has 2 aliphatic heterocycles. The van der Waals surface area contributed by atoms with Crippen LogP contribution >= 0.6 is 11.9 Å². The molecule has 148 valence electrons. The molecule has 9 heteroatoms. The van der Waals surface area contributed by atoms with Gasteiger partial charge in [0.25, 0.3) is 0 Å². The summed E-state index contributed by atoms with van der Waals surface area (Å²) in [6, 6.07) is 2.07. The second kappa shape index (κ2) is 7.32. The van der Waals surface area contributed by atoms with Gasteiger partial charge in [-0.05, 0) is 43.2 Å². The maximum absolute atomic E-state index is 10.5. The van der Waals surface area contributed by atoms with Gasteiger partial charge in [0.2, 0.25) is 0 Å². The lowest BCUT2D eigenvalue weighted by Crippen LogP contribution is -2.62. The lowest BCUT2D eigenvalue weighted by atomic mass is 9.73. The zero-order valence-electron chi connectivity index (χ0n) is 16.1. The van der Waals surface area contributed by atoms with Gasteiger partial charge in [-0.25, -0.2) is 9.29 Å². The molecule has 7 nitrogen and oxygen atoms in total. The predicted octanol–water partition coefficient (Wildman–Crippen LogP) is 1.82. The van der Waals surface area contributed by atoms with Crippen molar-refractivity contribution in [3.63, 3.8) is 0 Å². The number of nitrogens with zero attached hydrogens (tertiary/aromatic N) is 2. The van der Waals surface area contributed by atoms with Crippen LogP contribution in [0.1, 0.15) is 45.1 Å². The van der Waals surface area contributed by atoms with Gasteiger partial charge in [-0.3, -0.25) is 0 Å². The molecule has 2 aromatic heterocycles. The first-order chi connectivity index (χ1) is 13.5. The van der Waals surface area contributed by atoms with E-state index in [0.29, 0.717) is 5.92 Å². The van der Waals surface area contributed by atoms with E-state index in [1.165, 1.54) is 17.7 Å². The highest BCUT2D eigenvalue weighted by Crippen LogP contribution is 2.60. The normalized spacial score (nSPS) is 31.0. The van der Waals surface area contributed by atoms with Gasteiger partial charge in [0.15, 0.2) is 0 Å². The van der Waals surface area contributed by atoms with E-state index in [1.54, 1.807) is 6.20 Å². The van der Waals surface area contributed by atoms with Crippen molar-refractivity contribution in [2.45, 2.75) is 50.7 Å². The number of aromatic nitrogens is 2. The molecule has 3 atom stereocenters. The Labute approximate surface area is 168 Å². The Morgan fingerprint density at radius 2 is 2.29 bits per heavy atom. The van der Waals surface area contributed by atoms with Crippen molar-refractivity contribution in [1.29, 1.82) is 0 Å². The van der Waals surface area contributed by atoms with Crippen LogP contribution in [0.4, 0.5) is 0 Å². The van der Waals surface area contributed by atoms with Gasteiger partial charge in [0.1, 0.15) is 5.65 Å². The number of nitrogens with one attached hydrogen (secondary N) is 1. The number of aromatic amines is 1. The minimum absolute atomic E-state index is 0.201. The Morgan fingerprint density at radius 3 is 3.00 bits per heavy atom. The third-order valence-corrected chi connectivity index (χ3v) is 7.95. The summed E-state index contributed by atoms with van der Waals surface area (Å²) < 4.78 is 8.85. The van der Waals surface area contributed by atoms with E-state index in [0.717, 1.165) is 42.3 Å². The van der Waals surface area contributed by atoms with Gasteiger partial charge in [0, 0.05) is 41.1 Å². The highest BCUT2D eigenvalue weighted by atomic mass is 32.2. The first kappa shape index (κ1) is 19.7. The van der Waals surface area contributed by atoms with E-state index in [-0.39, 0.29) is 17.3 Å². The number of H-pyrrole nitrogens is 1. The second-order valence-electron chi connectivity index (χ2n) is 7.95. The van der Waals surface area contributed by atoms with Crippen molar-refractivity contribution in [3.8, 4) is 0 Å². The number of hydrogen-bond acceptors (Lipinski definition) is 7. The van der Waals surface area contributed by atoms with Crippen LogP contribution in [-0.2, 0) is 19.8 Å². The number of rotatable bonds is 3. The van der Waals surface area contributed by atoms with Crippen LogP contribution in [0, 0.1) is 5.92 Å². The van der Waals surface area contributed by atoms with Crippen molar-refractivity contribution in [2.75, 3.05) is 12.3 Å². The SMILES string of the molecule is CCCSN1CC(C)C12CCC1(C2)OB(O)c2cnc3[nH]ccc3c21.O=C=O. The highest BCUT2D eigenvalue weighted by Gasteiger charge is 2.63. The highest BCUT2D eigenvalue weighted by molar-refractivity contribution is 7.97. The third kappa shape index (κ3) is 2.76. The molecule has 0 radical (unpaired) electrons. The maximum atomic E-state index is 10.5. The molecule has 1 saturated carbocycles. The predicted molar refractivity (Wildman–Crippen MR) is 107 cm³/mol. The summed E-state index contributed by atoms with van der Waals surface area (Å²) in [7, 11) is -0.857. The molecule has 2 N–H and O–H groups in total. The number of carbonyl (C=O) groups excluding carboxylic acids is 2. The summed E-state index contributed by atoms with van der Waals surface area (Å²) in [4.78, 5) is 23.9. The molecule has 5 rings (SSSR count). The van der Waals surface area contributed by atoms with Crippen LogP contribution in [0.5, 0.6) is 0 Å². The molecule has 2 spiro atoms. The van der Waals surface area contributed by atoms with Crippen LogP contribution in [0.25, 0.3) is 11.0 Å². The van der Waals surface area contributed by atoms with Gasteiger partial charge < -0.3 is 14.7 Å². The van der Waals surface area contributed by atoms with Crippen molar-refractivity contribution >= 4 is 41.7 Å². The summed E-state index contributed by atoms with van der Waals surface area (Å²) in [5.41, 5.74) is 2.73. The summed E-state index contributed by atoms with van der Waals surface area (Å²) in [5.74, 6) is 1.85. The van der Waals surface area contributed by atoms with Crippen LogP contribution < -0.4 is 5.46 Å². The minimum atomic E-state index is -0.857. The fourth-order valence-electron chi connectivity index (χ4n) is 5.21. The van der Waals surface area contributed by atoms with Gasteiger partial charge in [0.05, 0.1) is 5.60 Å². The van der Waals surface area contributed by atoms with E-state index in [2.05, 4.69) is 34.2 Å². The first-order valence-corrected chi connectivity index (χ1v) is 10.7. The second-order valence-corrected chi connectivity index (χ2v) is 9.06. The molecule has 0 aromatic carbocycles. The zero-order chi connectivity index (χ0) is 19.9. The molecular weight excluding hydrogens is 377 g/mol. The summed E-state index contributed by atoms with van der Waals surface area (Å²) in [6.45, 7) is 5.76. The molecular formula is C19H24BN3O4S. The van der Waals surface area contributed by atoms with E-state index >= 15 is 0 Å². The number of pyridine rings is 1. The van der Waals surface area contributed by atoms with E-state index in [1.807, 2.05) is 18.1 Å². The summed E-state index contributed by atoms with van der Waals surface area (Å²) >= 11 is 1.99. The van der Waals surface area contributed by atoms with Gasteiger partial charge in [-0.1, -0.05) is 25.8 Å². The molecule has 4 heterocycles. The third-order valence-electron chi connectivity index (χ3n) is 6.53. The molecule has 1 aliphatic carbocycles. The van der Waals surface area contributed by atoms with Gasteiger partial charge in [-0.2, -0.15) is 9.59 Å². The lowest BCUT2D eigenvalue weighted by Gasteiger charge is -2.56. The average Bonchev–Trinajstić information content (AvgIpc) is 3.37. The van der Waals surface area contributed by atoms with Crippen molar-refractivity contribution in [2.24, 2.45) is 5.92 Å². The largest absolute Gasteiger partial charge is 0.493 e. The number of fused-ring (bicyclic) bond motifs is 4. The van der Waals surface area contributed by atoms with Crippen molar-refractivity contribution in [1.82, 2.24) is 14.3 Å². The molecule has 0 amide bonds. The minimum Gasteiger partial charge on any atom is -0.423 e. The van der Waals surface area contributed by atoms with E-state index in [4.69, 9.17) is 14.2 Å². The van der Waals surface area contributed by atoms with Crippen molar-refractivity contribution in [3.05, 3.63) is 24.0 Å². The molecule has 3 aliphatic rings. The molecule has 2 fully saturated rings. The Bertz CT molecular complexity index is 918. The Hall–Kier alpha value is -1.64. The van der Waals surface area contributed by atoms with E-state index in [9.17, 15) is 5.02 Å². The van der Waals surface area contributed by atoms with Crippen LogP contribution in [0.15, 0.2) is 18.5 Å². The molecule has 0 bridgehead atoms. The smallest absolute Gasteiger partial charge is 0.423 e. The van der Waals surface area contributed by atoms with Gasteiger partial charge >= 0.3 is 13.3 Å². The molecule has 28 heavy (non-hydrogen) atoms. The van der Waals surface area contributed by atoms with Crippen LogP contribution in [0.3, 0.4) is 0 Å². The van der Waals surface area contributed by atoms with Crippen molar-refractivity contribution < 1.29 is 19.3 Å². The fraction of sp³-hybridized carbons (Fsp3) is 0.579. The monoisotopic (exact) mass is 401 g/mol. The topological polar surface area (TPSA) is 95.5 Å². The van der Waals surface area contributed by atoms with Gasteiger partial charge in [-0.15, -0.1) is 0 Å². The van der Waals surface area contributed by atoms with Crippen LogP contribution in [-0.4, -0.2) is 50.4 Å². The summed E-state index contributed by atoms with van der Waals surface area (Å²) in [6.07, 6.45) is 8.22. The van der Waals surface area contributed by atoms with Crippen LogP contribution in [0.2, 0.25) is 0 Å². The fourth-order valence-corrected chi connectivity index (χ4v) is 6.53. The number of hydrogen-bond donors (Lipinski definition) is 2. The zero-order valence-corrected chi connectivity index (χ0v) is 16.9. The molecule has 2 aromatic rings.